The van der Waals surface area contributed by atoms with Gasteiger partial charge in [-0.05, 0) is 71.6 Å². The number of hydrogen-bond acceptors (Lipinski definition) is 6. The summed E-state index contributed by atoms with van der Waals surface area (Å²) in [6, 6.07) is 22.0. The third-order valence-electron chi connectivity index (χ3n) is 8.27. The Balaban J connectivity index is 1.71. The summed E-state index contributed by atoms with van der Waals surface area (Å²) in [6.07, 6.45) is 0.134. The molecule has 0 radical (unpaired) electrons. The summed E-state index contributed by atoms with van der Waals surface area (Å²) in [5, 5.41) is 0. The number of rotatable bonds is 4. The number of hydrogen-bond donors (Lipinski definition) is 1. The third-order valence-corrected chi connectivity index (χ3v) is 9.60. The number of fused-ring (bicyclic) bond motifs is 4. The van der Waals surface area contributed by atoms with Crippen LogP contribution in [0, 0.1) is 19.3 Å². The smallest absolute Gasteiger partial charge is 0.264 e. The van der Waals surface area contributed by atoms with Crippen molar-refractivity contribution in [2.75, 3.05) is 17.8 Å². The van der Waals surface area contributed by atoms with Crippen molar-refractivity contribution >= 4 is 21.9 Å². The molecular weight excluding hydrogens is 596 g/mol. The van der Waals surface area contributed by atoms with E-state index in [0.29, 0.717) is 12.2 Å². The first-order valence-electron chi connectivity index (χ1n) is 15.7. The number of ether oxygens (including phenoxy) is 1. The van der Waals surface area contributed by atoms with Crippen molar-refractivity contribution in [1.29, 1.82) is 0 Å². The summed E-state index contributed by atoms with van der Waals surface area (Å²) >= 11 is 0. The van der Waals surface area contributed by atoms with Gasteiger partial charge in [0.1, 0.15) is 6.10 Å². The van der Waals surface area contributed by atoms with Crippen molar-refractivity contribution in [3.63, 3.8) is 0 Å². The molecule has 0 spiro atoms. The molecule has 1 aliphatic heterocycles. The van der Waals surface area contributed by atoms with Crippen LogP contribution < -0.4 is 9.46 Å². The molecular formula is C37H44N4O4S. The number of benzene rings is 3. The van der Waals surface area contributed by atoms with Crippen LogP contribution in [-0.2, 0) is 15.4 Å². The van der Waals surface area contributed by atoms with E-state index in [-0.39, 0.29) is 45.6 Å². The fraction of sp³-hybridized carbons (Fsp3) is 0.378. The minimum absolute atomic E-state index is 0.0386. The molecule has 4 bridgehead atoms. The highest BCUT2D eigenvalue weighted by Crippen LogP contribution is 2.33. The molecule has 1 aliphatic rings. The molecule has 1 aromatic heterocycles. The average molecular weight is 641 g/mol. The molecule has 0 aliphatic carbocycles. The molecule has 4 aromatic rings. The van der Waals surface area contributed by atoms with Gasteiger partial charge in [0, 0.05) is 23.7 Å². The molecule has 46 heavy (non-hydrogen) atoms. The van der Waals surface area contributed by atoms with Crippen LogP contribution in [0.3, 0.4) is 0 Å². The van der Waals surface area contributed by atoms with Gasteiger partial charge in [0.05, 0.1) is 17.1 Å². The summed E-state index contributed by atoms with van der Waals surface area (Å²) in [5.74, 6) is -0.184. The van der Waals surface area contributed by atoms with Crippen LogP contribution in [0.4, 0.5) is 5.95 Å². The van der Waals surface area contributed by atoms with Crippen LogP contribution in [0.25, 0.3) is 11.3 Å². The summed E-state index contributed by atoms with van der Waals surface area (Å²) in [5.41, 5.74) is 5.62. The highest BCUT2D eigenvalue weighted by molar-refractivity contribution is 7.92. The fourth-order valence-electron chi connectivity index (χ4n) is 5.54. The van der Waals surface area contributed by atoms with Gasteiger partial charge in [-0.3, -0.25) is 4.79 Å². The number of carbonyl (C=O) groups excluding carboxylic acids is 1. The highest BCUT2D eigenvalue weighted by Gasteiger charge is 2.28. The van der Waals surface area contributed by atoms with E-state index in [2.05, 4.69) is 68.4 Å². The maximum atomic E-state index is 14.1. The first kappa shape index (κ1) is 33.1. The quantitative estimate of drug-likeness (QED) is 0.244. The molecule has 242 valence electrons. The standard InChI is InChI=1S/C37H44N4O4S/c1-24-11-9-12-25(2)33(24)30-22-32-39-35(38-30)40-46(43,44)29-14-10-13-27(21-29)34(42)41(20-19-36(3,4)5)23-31(45-32)26-15-17-28(18-16-26)37(6,7)8/h9-18,21-22,31H,19-20,23H2,1-8H3,(H,38,39,40). The Morgan fingerprint density at radius 3 is 2.17 bits per heavy atom. The summed E-state index contributed by atoms with van der Waals surface area (Å²) < 4.78 is 36.5. The minimum atomic E-state index is -4.14. The number of amides is 1. The van der Waals surface area contributed by atoms with Gasteiger partial charge in [0.15, 0.2) is 0 Å². The predicted octanol–water partition coefficient (Wildman–Crippen LogP) is 7.87. The summed E-state index contributed by atoms with van der Waals surface area (Å²) in [6.45, 7) is 17.6. The Labute approximate surface area is 273 Å². The van der Waals surface area contributed by atoms with Gasteiger partial charge in [0.25, 0.3) is 15.9 Å². The van der Waals surface area contributed by atoms with E-state index in [1.165, 1.54) is 17.7 Å². The second-order valence-electron chi connectivity index (χ2n) is 14.4. The molecule has 3 aromatic carbocycles. The van der Waals surface area contributed by atoms with Crippen LogP contribution in [-0.4, -0.2) is 42.3 Å². The third kappa shape index (κ3) is 7.58. The molecule has 2 heterocycles. The van der Waals surface area contributed by atoms with Crippen LogP contribution >= 0.6 is 0 Å². The maximum Gasteiger partial charge on any atom is 0.264 e. The van der Waals surface area contributed by atoms with Crippen molar-refractivity contribution < 1.29 is 17.9 Å². The van der Waals surface area contributed by atoms with E-state index >= 15 is 0 Å². The van der Waals surface area contributed by atoms with Crippen LogP contribution in [0.5, 0.6) is 5.88 Å². The van der Waals surface area contributed by atoms with Gasteiger partial charge in [-0.2, -0.15) is 4.98 Å². The van der Waals surface area contributed by atoms with Crippen molar-refractivity contribution in [3.05, 3.63) is 101 Å². The topological polar surface area (TPSA) is 101 Å². The Bertz CT molecular complexity index is 1840. The molecule has 9 heteroatoms. The summed E-state index contributed by atoms with van der Waals surface area (Å²) in [4.78, 5) is 25.0. The van der Waals surface area contributed by atoms with E-state index in [9.17, 15) is 13.2 Å². The van der Waals surface area contributed by atoms with Gasteiger partial charge in [-0.1, -0.05) is 90.1 Å². The van der Waals surface area contributed by atoms with E-state index in [0.717, 1.165) is 28.7 Å². The van der Waals surface area contributed by atoms with Crippen molar-refractivity contribution in [2.45, 2.75) is 78.2 Å². The van der Waals surface area contributed by atoms with E-state index in [4.69, 9.17) is 4.74 Å². The van der Waals surface area contributed by atoms with Crippen molar-refractivity contribution in [1.82, 2.24) is 14.9 Å². The minimum Gasteiger partial charge on any atom is -0.467 e. The molecule has 0 fully saturated rings. The lowest BCUT2D eigenvalue weighted by molar-refractivity contribution is 0.0627. The fourth-order valence-corrected chi connectivity index (χ4v) is 6.53. The van der Waals surface area contributed by atoms with Gasteiger partial charge < -0.3 is 9.64 Å². The molecule has 1 amide bonds. The number of nitrogens with one attached hydrogen (secondary N) is 1. The van der Waals surface area contributed by atoms with E-state index in [1.807, 2.05) is 44.2 Å². The van der Waals surface area contributed by atoms with Gasteiger partial charge in [-0.15, -0.1) is 0 Å². The zero-order valence-electron chi connectivity index (χ0n) is 28.0. The first-order chi connectivity index (χ1) is 21.5. The van der Waals surface area contributed by atoms with Crippen molar-refractivity contribution in [2.24, 2.45) is 5.41 Å². The first-order valence-corrected chi connectivity index (χ1v) is 17.1. The zero-order valence-corrected chi connectivity index (χ0v) is 28.8. The van der Waals surface area contributed by atoms with Crippen LogP contribution in [0.15, 0.2) is 77.7 Å². The normalized spacial score (nSPS) is 16.8. The number of anilines is 1. The Hall–Kier alpha value is -4.24. The number of sulfonamides is 1. The highest BCUT2D eigenvalue weighted by atomic mass is 32.2. The van der Waals surface area contributed by atoms with E-state index < -0.39 is 16.1 Å². The number of aromatic nitrogens is 2. The Kier molecular flexibility index (Phi) is 9.01. The largest absolute Gasteiger partial charge is 0.467 e. The lowest BCUT2D eigenvalue weighted by atomic mass is 9.86. The molecule has 0 saturated heterocycles. The Morgan fingerprint density at radius 2 is 1.54 bits per heavy atom. The van der Waals surface area contributed by atoms with Gasteiger partial charge >= 0.3 is 0 Å². The lowest BCUT2D eigenvalue weighted by Crippen LogP contribution is -2.38. The van der Waals surface area contributed by atoms with Crippen molar-refractivity contribution in [3.8, 4) is 17.1 Å². The number of nitrogens with zero attached hydrogens (tertiary/aromatic N) is 3. The number of carbonyl (C=O) groups is 1. The molecule has 1 atom stereocenters. The second-order valence-corrected chi connectivity index (χ2v) is 16.0. The van der Waals surface area contributed by atoms with Gasteiger partial charge in [-0.25, -0.2) is 18.1 Å². The molecule has 5 rings (SSSR count). The second kappa shape index (κ2) is 12.5. The molecule has 1 N–H and O–H groups in total. The predicted molar refractivity (Wildman–Crippen MR) is 183 cm³/mol. The maximum absolute atomic E-state index is 14.1. The monoisotopic (exact) mass is 640 g/mol. The Morgan fingerprint density at radius 1 is 0.891 bits per heavy atom. The van der Waals surface area contributed by atoms with Crippen LogP contribution in [0.2, 0.25) is 0 Å². The molecule has 0 saturated carbocycles. The molecule has 1 unspecified atom stereocenters. The number of aryl methyl sites for hydroxylation is 2. The zero-order chi connectivity index (χ0) is 33.4. The SMILES string of the molecule is Cc1cccc(C)c1-c1cc2nc(n1)NS(=O)(=O)c1cccc(c1)C(=O)N(CCC(C)(C)C)CC(c1ccc(C(C)(C)C)cc1)O2. The molecule has 8 nitrogen and oxygen atoms in total. The summed E-state index contributed by atoms with van der Waals surface area (Å²) in [7, 11) is -4.14. The lowest BCUT2D eigenvalue weighted by Gasteiger charge is -2.31. The van der Waals surface area contributed by atoms with E-state index in [1.54, 1.807) is 23.1 Å². The van der Waals surface area contributed by atoms with Crippen LogP contribution in [0.1, 0.15) is 86.7 Å². The van der Waals surface area contributed by atoms with Gasteiger partial charge in [0.2, 0.25) is 11.8 Å². The average Bonchev–Trinajstić information content (AvgIpc) is 2.97.